The van der Waals surface area contributed by atoms with Gasteiger partial charge in [0.05, 0.1) is 5.56 Å². The molecule has 0 amide bonds. The molecule has 0 bridgehead atoms. The molecule has 3 rings (SSSR count). The molecule has 3 heteroatoms. The van der Waals surface area contributed by atoms with Crippen molar-refractivity contribution >= 4 is 11.1 Å². The van der Waals surface area contributed by atoms with Crippen LogP contribution in [0.2, 0.25) is 0 Å². The lowest BCUT2D eigenvalue weighted by Gasteiger charge is -2.06. The third-order valence-corrected chi connectivity index (χ3v) is 3.18. The van der Waals surface area contributed by atoms with Crippen molar-refractivity contribution in [1.29, 1.82) is 0 Å². The van der Waals surface area contributed by atoms with Crippen LogP contribution < -0.4 is 0 Å². The molecule has 2 nitrogen and oxygen atoms in total. The average molecular weight is 255 g/mol. The molecule has 0 fully saturated rings. The van der Waals surface area contributed by atoms with Crippen molar-refractivity contribution in [3.8, 4) is 11.5 Å². The molecule has 0 aliphatic heterocycles. The lowest BCUT2D eigenvalue weighted by molar-refractivity contribution is 0.591. The third kappa shape index (κ3) is 2.12. The van der Waals surface area contributed by atoms with E-state index in [1.807, 2.05) is 44.2 Å². The number of benzene rings is 2. The van der Waals surface area contributed by atoms with Gasteiger partial charge in [0.25, 0.3) is 0 Å². The predicted octanol–water partition coefficient (Wildman–Crippen LogP) is 4.76. The number of hydrogen-bond acceptors (Lipinski definition) is 2. The number of para-hydroxylation sites is 2. The Labute approximate surface area is 110 Å². The van der Waals surface area contributed by atoms with Gasteiger partial charge in [0, 0.05) is 0 Å². The number of rotatable bonds is 2. The fourth-order valence-electron chi connectivity index (χ4n) is 2.05. The molecule has 3 aromatic rings. The SMILES string of the molecule is CC(C)c1ccc(-c2nc3ccccc3o2)c(F)c1. The van der Waals surface area contributed by atoms with Gasteiger partial charge in [-0.15, -0.1) is 0 Å². The second-order valence-electron chi connectivity index (χ2n) is 4.88. The van der Waals surface area contributed by atoms with E-state index in [-0.39, 0.29) is 5.82 Å². The Morgan fingerprint density at radius 3 is 2.58 bits per heavy atom. The van der Waals surface area contributed by atoms with Crippen molar-refractivity contribution in [2.24, 2.45) is 0 Å². The highest BCUT2D eigenvalue weighted by Crippen LogP contribution is 2.28. The van der Waals surface area contributed by atoms with Gasteiger partial charge in [-0.3, -0.25) is 0 Å². The average Bonchev–Trinajstić information content (AvgIpc) is 2.81. The van der Waals surface area contributed by atoms with Crippen LogP contribution in [0.1, 0.15) is 25.3 Å². The molecular weight excluding hydrogens is 241 g/mol. The molecule has 0 aliphatic rings. The van der Waals surface area contributed by atoms with Crippen LogP contribution in [0.4, 0.5) is 4.39 Å². The normalized spacial score (nSPS) is 11.4. The van der Waals surface area contributed by atoms with Crippen molar-refractivity contribution in [3.63, 3.8) is 0 Å². The molecule has 0 N–H and O–H groups in total. The van der Waals surface area contributed by atoms with Crippen molar-refractivity contribution in [2.75, 3.05) is 0 Å². The Hall–Kier alpha value is -2.16. The molecule has 96 valence electrons. The molecule has 0 aliphatic carbocycles. The molecule has 0 atom stereocenters. The van der Waals surface area contributed by atoms with E-state index in [9.17, 15) is 4.39 Å². The van der Waals surface area contributed by atoms with Gasteiger partial charge in [-0.25, -0.2) is 9.37 Å². The van der Waals surface area contributed by atoms with Crippen molar-refractivity contribution in [2.45, 2.75) is 19.8 Å². The first-order valence-corrected chi connectivity index (χ1v) is 6.30. The Bertz CT molecular complexity index is 697. The summed E-state index contributed by atoms with van der Waals surface area (Å²) in [5.41, 5.74) is 2.78. The molecule has 0 spiro atoms. The van der Waals surface area contributed by atoms with Crippen LogP contribution >= 0.6 is 0 Å². The summed E-state index contributed by atoms with van der Waals surface area (Å²) in [6.45, 7) is 4.07. The maximum atomic E-state index is 14.1. The van der Waals surface area contributed by atoms with Crippen molar-refractivity contribution < 1.29 is 8.81 Å². The molecular formula is C16H14FNO. The Balaban J connectivity index is 2.11. The number of oxazole rings is 1. The molecule has 0 radical (unpaired) electrons. The number of fused-ring (bicyclic) bond motifs is 1. The van der Waals surface area contributed by atoms with Crippen LogP contribution in [0.5, 0.6) is 0 Å². The minimum absolute atomic E-state index is 0.294. The summed E-state index contributed by atoms with van der Waals surface area (Å²) in [5, 5.41) is 0. The van der Waals surface area contributed by atoms with Gasteiger partial charge in [0.2, 0.25) is 5.89 Å². The van der Waals surface area contributed by atoms with E-state index in [4.69, 9.17) is 4.42 Å². The van der Waals surface area contributed by atoms with E-state index < -0.39 is 0 Å². The molecule has 1 aromatic heterocycles. The monoisotopic (exact) mass is 255 g/mol. The van der Waals surface area contributed by atoms with E-state index in [1.165, 1.54) is 0 Å². The minimum atomic E-state index is -0.294. The molecule has 0 unspecified atom stereocenters. The summed E-state index contributed by atoms with van der Waals surface area (Å²) < 4.78 is 19.7. The first kappa shape index (κ1) is 11.9. The Kier molecular flexibility index (Phi) is 2.82. The molecule has 1 heterocycles. The number of nitrogens with zero attached hydrogens (tertiary/aromatic N) is 1. The highest BCUT2D eigenvalue weighted by atomic mass is 19.1. The quantitative estimate of drug-likeness (QED) is 0.660. The van der Waals surface area contributed by atoms with Crippen LogP contribution in [-0.4, -0.2) is 4.98 Å². The van der Waals surface area contributed by atoms with Crippen LogP contribution in [0.25, 0.3) is 22.6 Å². The summed E-state index contributed by atoms with van der Waals surface area (Å²) in [6.07, 6.45) is 0. The highest BCUT2D eigenvalue weighted by molar-refractivity contribution is 5.76. The molecule has 2 aromatic carbocycles. The summed E-state index contributed by atoms with van der Waals surface area (Å²) in [5.74, 6) is 0.332. The first-order chi connectivity index (χ1) is 9.15. The van der Waals surface area contributed by atoms with Crippen LogP contribution in [0.3, 0.4) is 0 Å². The topological polar surface area (TPSA) is 26.0 Å². The van der Waals surface area contributed by atoms with Crippen LogP contribution in [0.15, 0.2) is 46.9 Å². The Morgan fingerprint density at radius 2 is 1.89 bits per heavy atom. The maximum absolute atomic E-state index is 14.1. The van der Waals surface area contributed by atoms with Crippen molar-refractivity contribution in [3.05, 3.63) is 53.8 Å². The van der Waals surface area contributed by atoms with E-state index in [2.05, 4.69) is 4.98 Å². The highest BCUT2D eigenvalue weighted by Gasteiger charge is 2.13. The number of halogens is 1. The summed E-state index contributed by atoms with van der Waals surface area (Å²) in [4.78, 5) is 4.31. The van der Waals surface area contributed by atoms with Gasteiger partial charge in [-0.1, -0.05) is 32.0 Å². The second kappa shape index (κ2) is 4.50. The largest absolute Gasteiger partial charge is 0.436 e. The van der Waals surface area contributed by atoms with Crippen LogP contribution in [-0.2, 0) is 0 Å². The van der Waals surface area contributed by atoms with Gasteiger partial charge >= 0.3 is 0 Å². The summed E-state index contributed by atoms with van der Waals surface area (Å²) >= 11 is 0. The molecule has 0 saturated heterocycles. The zero-order chi connectivity index (χ0) is 13.4. The minimum Gasteiger partial charge on any atom is -0.436 e. The van der Waals surface area contributed by atoms with Crippen molar-refractivity contribution in [1.82, 2.24) is 4.98 Å². The fraction of sp³-hybridized carbons (Fsp3) is 0.188. The Morgan fingerprint density at radius 1 is 1.11 bits per heavy atom. The lowest BCUT2D eigenvalue weighted by atomic mass is 10.0. The smallest absolute Gasteiger partial charge is 0.230 e. The second-order valence-corrected chi connectivity index (χ2v) is 4.88. The first-order valence-electron chi connectivity index (χ1n) is 6.30. The van der Waals surface area contributed by atoms with E-state index in [1.54, 1.807) is 12.1 Å². The third-order valence-electron chi connectivity index (χ3n) is 3.18. The van der Waals surface area contributed by atoms with Gasteiger partial charge in [0.1, 0.15) is 11.3 Å². The number of aromatic nitrogens is 1. The molecule has 0 saturated carbocycles. The van der Waals surface area contributed by atoms with Crippen LogP contribution in [0, 0.1) is 5.82 Å². The molecule has 19 heavy (non-hydrogen) atoms. The predicted molar refractivity (Wildman–Crippen MR) is 73.5 cm³/mol. The van der Waals surface area contributed by atoms with Gasteiger partial charge in [0.15, 0.2) is 5.58 Å². The summed E-state index contributed by atoms with van der Waals surface area (Å²) in [7, 11) is 0. The zero-order valence-electron chi connectivity index (χ0n) is 10.9. The summed E-state index contributed by atoms with van der Waals surface area (Å²) in [6, 6.07) is 12.6. The standard InChI is InChI=1S/C16H14FNO/c1-10(2)11-7-8-12(13(17)9-11)16-18-14-5-3-4-6-15(14)19-16/h3-10H,1-2H3. The maximum Gasteiger partial charge on any atom is 0.230 e. The zero-order valence-corrected chi connectivity index (χ0v) is 10.9. The van der Waals surface area contributed by atoms with E-state index in [0.29, 0.717) is 23.0 Å². The lowest BCUT2D eigenvalue weighted by Crippen LogP contribution is -1.91. The van der Waals surface area contributed by atoms with Gasteiger partial charge in [-0.2, -0.15) is 0 Å². The van der Waals surface area contributed by atoms with Gasteiger partial charge < -0.3 is 4.42 Å². The van der Waals surface area contributed by atoms with E-state index in [0.717, 1.165) is 11.1 Å². The van der Waals surface area contributed by atoms with Gasteiger partial charge in [-0.05, 0) is 35.7 Å². The number of hydrogen-bond donors (Lipinski definition) is 0. The van der Waals surface area contributed by atoms with E-state index >= 15 is 0 Å². The fourth-order valence-corrected chi connectivity index (χ4v) is 2.05.